The van der Waals surface area contributed by atoms with Gasteiger partial charge in [-0.25, -0.2) is 0 Å². The van der Waals surface area contributed by atoms with Crippen LogP contribution in [0.3, 0.4) is 0 Å². The van der Waals surface area contributed by atoms with Crippen LogP contribution in [0.2, 0.25) is 0 Å². The van der Waals surface area contributed by atoms with E-state index in [9.17, 15) is 0 Å². The number of benzene rings is 6. The van der Waals surface area contributed by atoms with E-state index in [4.69, 9.17) is 0 Å². The molecule has 0 fully saturated rings. The van der Waals surface area contributed by atoms with Crippen LogP contribution in [-0.2, 0) is 13.0 Å². The van der Waals surface area contributed by atoms with Crippen molar-refractivity contribution < 1.29 is 0 Å². The quantitative estimate of drug-likeness (QED) is 0.149. The molecule has 11 rings (SSSR count). The van der Waals surface area contributed by atoms with Crippen molar-refractivity contribution >= 4 is 50.7 Å². The fourth-order valence-corrected chi connectivity index (χ4v) is 10.8. The monoisotopic (exact) mass is 772 g/mol. The van der Waals surface area contributed by atoms with Crippen molar-refractivity contribution in [1.82, 2.24) is 4.57 Å². The van der Waals surface area contributed by atoms with Gasteiger partial charge in [0.15, 0.2) is 0 Å². The van der Waals surface area contributed by atoms with Gasteiger partial charge >= 0.3 is 0 Å². The number of hydrogen-bond acceptors (Lipinski definition) is 1. The first-order valence-electron chi connectivity index (χ1n) is 21.7. The van der Waals surface area contributed by atoms with E-state index in [2.05, 4.69) is 223 Å². The average molecular weight is 773 g/mol. The summed E-state index contributed by atoms with van der Waals surface area (Å²) < 4.78 is 2.55. The number of nitrogens with zero attached hydrogens (tertiary/aromatic N) is 2. The Morgan fingerprint density at radius 3 is 1.73 bits per heavy atom. The number of anilines is 1. The van der Waals surface area contributed by atoms with Gasteiger partial charge in [-0.3, -0.25) is 0 Å². The maximum Gasteiger partial charge on any atom is 0.0533 e. The lowest BCUT2D eigenvalue weighted by Crippen LogP contribution is -2.41. The van der Waals surface area contributed by atoms with Crippen molar-refractivity contribution in [2.45, 2.75) is 38.8 Å². The number of aryl methyl sites for hydroxylation is 1. The Labute approximate surface area is 354 Å². The van der Waals surface area contributed by atoms with Crippen molar-refractivity contribution in [1.29, 1.82) is 0 Å². The van der Waals surface area contributed by atoms with Gasteiger partial charge in [-0.2, -0.15) is 0 Å². The third kappa shape index (κ3) is 5.93. The van der Waals surface area contributed by atoms with Crippen LogP contribution < -0.4 is 4.90 Å². The standard InChI is InChI=1S/C58H48N2/c1-2-59-49-36-22-21-35-47(49)48-39-46(37-38-50(48)59)60-57(44-31-17-7-18-32-44)55-53(42-27-13-5-14-28-42)51(40-23-9-3-10-24-40)52(41-25-11-4-12-26-41)54(43-29-15-6-16-30-43)56(55)58(60)45-33-19-8-20-34-45/h3-21,23-33,35,37-39,45,56,58H,2,22,34,36H2,1H3. The summed E-state index contributed by atoms with van der Waals surface area (Å²) in [6.07, 6.45) is 17.3. The van der Waals surface area contributed by atoms with Gasteiger partial charge in [0.25, 0.3) is 0 Å². The van der Waals surface area contributed by atoms with E-state index in [0.29, 0.717) is 0 Å². The molecular formula is C58H48N2. The van der Waals surface area contributed by atoms with Gasteiger partial charge in [0.1, 0.15) is 0 Å². The fourth-order valence-electron chi connectivity index (χ4n) is 10.8. The zero-order valence-electron chi connectivity index (χ0n) is 34.1. The lowest BCUT2D eigenvalue weighted by Gasteiger charge is -2.41. The third-order valence-corrected chi connectivity index (χ3v) is 13.2. The minimum absolute atomic E-state index is 0.0198. The molecule has 60 heavy (non-hydrogen) atoms. The minimum atomic E-state index is 0.0198. The molecule has 0 N–H and O–H groups in total. The van der Waals surface area contributed by atoms with Crippen LogP contribution >= 0.6 is 0 Å². The molecular weight excluding hydrogens is 725 g/mol. The third-order valence-electron chi connectivity index (χ3n) is 13.2. The van der Waals surface area contributed by atoms with Gasteiger partial charge in [0, 0.05) is 46.2 Å². The smallest absolute Gasteiger partial charge is 0.0533 e. The second-order valence-corrected chi connectivity index (χ2v) is 16.4. The molecule has 6 aromatic carbocycles. The van der Waals surface area contributed by atoms with Crippen molar-refractivity contribution in [3.8, 4) is 0 Å². The Bertz CT molecular complexity index is 2910. The highest BCUT2D eigenvalue weighted by atomic mass is 15.2. The highest BCUT2D eigenvalue weighted by Crippen LogP contribution is 2.62. The highest BCUT2D eigenvalue weighted by molar-refractivity contribution is 6.29. The summed E-state index contributed by atoms with van der Waals surface area (Å²) in [6.45, 7) is 3.25. The van der Waals surface area contributed by atoms with Gasteiger partial charge in [0.2, 0.25) is 0 Å². The van der Waals surface area contributed by atoms with Gasteiger partial charge in [-0.1, -0.05) is 188 Å². The summed E-state index contributed by atoms with van der Waals surface area (Å²) in [5.74, 6) is 0.262. The molecule has 1 aliphatic heterocycles. The normalized spacial score (nSPS) is 19.7. The second kappa shape index (κ2) is 15.4. The molecule has 0 spiro atoms. The Morgan fingerprint density at radius 1 is 0.550 bits per heavy atom. The predicted molar refractivity (Wildman–Crippen MR) is 254 cm³/mol. The molecule has 0 saturated heterocycles. The van der Waals surface area contributed by atoms with Crippen LogP contribution in [0, 0.1) is 11.8 Å². The predicted octanol–water partition coefficient (Wildman–Crippen LogP) is 14.2. The summed E-state index contributed by atoms with van der Waals surface area (Å²) >= 11 is 0. The van der Waals surface area contributed by atoms with E-state index in [1.54, 1.807) is 0 Å². The van der Waals surface area contributed by atoms with Gasteiger partial charge in [0.05, 0.1) is 11.7 Å². The second-order valence-electron chi connectivity index (χ2n) is 16.4. The van der Waals surface area contributed by atoms with Gasteiger partial charge < -0.3 is 9.47 Å². The van der Waals surface area contributed by atoms with Crippen molar-refractivity contribution in [3.63, 3.8) is 0 Å². The van der Waals surface area contributed by atoms with Crippen LogP contribution in [0.1, 0.15) is 58.8 Å². The van der Waals surface area contributed by atoms with Crippen molar-refractivity contribution in [3.05, 3.63) is 245 Å². The first-order valence-corrected chi connectivity index (χ1v) is 21.7. The maximum atomic E-state index is 2.79. The molecule has 290 valence electrons. The molecule has 2 nitrogen and oxygen atoms in total. The van der Waals surface area contributed by atoms with Crippen LogP contribution in [0.15, 0.2) is 206 Å². The highest BCUT2D eigenvalue weighted by Gasteiger charge is 2.51. The largest absolute Gasteiger partial charge is 0.344 e. The van der Waals surface area contributed by atoms with Gasteiger partial charge in [-0.15, -0.1) is 0 Å². The number of hydrogen-bond donors (Lipinski definition) is 0. The fraction of sp³-hybridized carbons (Fsp3) is 0.138. The van der Waals surface area contributed by atoms with E-state index < -0.39 is 0 Å². The molecule has 2 heterocycles. The van der Waals surface area contributed by atoms with E-state index in [-0.39, 0.29) is 17.9 Å². The summed E-state index contributed by atoms with van der Waals surface area (Å²) in [7, 11) is 0. The Balaban J connectivity index is 1.33. The molecule has 0 amide bonds. The van der Waals surface area contributed by atoms with E-state index in [1.807, 2.05) is 0 Å². The van der Waals surface area contributed by atoms with Crippen LogP contribution in [-0.4, -0.2) is 10.6 Å². The van der Waals surface area contributed by atoms with E-state index in [1.165, 1.54) is 89.2 Å². The van der Waals surface area contributed by atoms with Crippen molar-refractivity contribution in [2.24, 2.45) is 11.8 Å². The molecule has 3 atom stereocenters. The first kappa shape index (κ1) is 36.2. The zero-order valence-corrected chi connectivity index (χ0v) is 34.1. The number of aromatic nitrogens is 1. The molecule has 2 heteroatoms. The molecule has 0 radical (unpaired) electrons. The maximum absolute atomic E-state index is 2.79. The number of allylic oxidation sites excluding steroid dienone is 7. The summed E-state index contributed by atoms with van der Waals surface area (Å²) in [5.41, 5.74) is 19.6. The van der Waals surface area contributed by atoms with Crippen molar-refractivity contribution in [2.75, 3.05) is 4.90 Å². The summed E-state index contributed by atoms with van der Waals surface area (Å²) in [4.78, 5) is 2.79. The van der Waals surface area contributed by atoms with Crippen LogP contribution in [0.5, 0.6) is 0 Å². The minimum Gasteiger partial charge on any atom is -0.344 e. The molecule has 4 aliphatic rings. The first-order chi connectivity index (χ1) is 29.8. The summed E-state index contributed by atoms with van der Waals surface area (Å²) in [6, 6.07) is 63.6. The molecule has 3 aliphatic carbocycles. The molecule has 0 bridgehead atoms. The Hall–Kier alpha value is -6.90. The molecule has 1 aromatic heterocycles. The van der Waals surface area contributed by atoms with Crippen LogP contribution in [0.4, 0.5) is 5.69 Å². The Kier molecular flexibility index (Phi) is 9.27. The number of rotatable bonds is 8. The zero-order chi connectivity index (χ0) is 40.0. The summed E-state index contributed by atoms with van der Waals surface area (Å²) in [5, 5.41) is 1.35. The van der Waals surface area contributed by atoms with E-state index in [0.717, 1.165) is 25.8 Å². The average Bonchev–Trinajstić information content (AvgIpc) is 3.85. The lowest BCUT2D eigenvalue weighted by atomic mass is 9.65. The van der Waals surface area contributed by atoms with Crippen LogP contribution in [0.25, 0.3) is 45.0 Å². The van der Waals surface area contributed by atoms with Gasteiger partial charge in [-0.05, 0) is 100 Å². The SMILES string of the molecule is CCn1c2c(c3cc(N4C(c5ccccc5)=C5C(c6ccccc6)=C(c6ccccc6)C(c6ccccc6)=C(c6ccccc6)C5C4C4C=CC=CC4)ccc31)C=CCC2. The lowest BCUT2D eigenvalue weighted by molar-refractivity contribution is 0.463. The van der Waals surface area contributed by atoms with E-state index >= 15 is 0 Å². The molecule has 3 unspecified atom stereocenters. The topological polar surface area (TPSA) is 8.17 Å². The Morgan fingerprint density at radius 2 is 1.13 bits per heavy atom. The molecule has 0 saturated carbocycles. The molecule has 7 aromatic rings. The number of fused-ring (bicyclic) bond motifs is 4.